The number of cyclic esters (lactones) is 1. The molecule has 0 amide bonds. The minimum atomic E-state index is -1.54. The largest absolute Gasteiger partial charge is 0.471 e. The molecule has 146 valence electrons. The van der Waals surface area contributed by atoms with Gasteiger partial charge in [-0.1, -0.05) is 0 Å². The molecule has 4 aliphatic rings. The number of aliphatic hydroxyl groups excluding tert-OH is 4. The van der Waals surface area contributed by atoms with Crippen molar-refractivity contribution in [3.63, 3.8) is 0 Å². The van der Waals surface area contributed by atoms with Crippen LogP contribution in [0.4, 0.5) is 0 Å². The summed E-state index contributed by atoms with van der Waals surface area (Å²) >= 11 is 0. The van der Waals surface area contributed by atoms with Gasteiger partial charge in [-0.15, -0.1) is 0 Å². The number of fused-ring (bicyclic) bond motifs is 1. The van der Waals surface area contributed by atoms with E-state index < -0.39 is 49.6 Å². The maximum absolute atomic E-state index is 11.9. The molecule has 4 rings (SSSR count). The molecule has 0 aliphatic carbocycles. The third-order valence-corrected chi connectivity index (χ3v) is 5.31. The zero-order valence-corrected chi connectivity index (χ0v) is 13.8. The first-order valence-electron chi connectivity index (χ1n) is 8.61. The molecule has 0 aromatic carbocycles. The zero-order chi connectivity index (χ0) is 18.4. The summed E-state index contributed by atoms with van der Waals surface area (Å²) in [6.07, 6.45) is -6.09. The molecule has 0 unspecified atom stereocenters. The number of hydrogen-bond donors (Lipinski definition) is 4. The molecule has 10 nitrogen and oxygen atoms in total. The van der Waals surface area contributed by atoms with E-state index in [4.69, 9.17) is 23.7 Å². The Hall–Kier alpha value is -1.27. The van der Waals surface area contributed by atoms with Gasteiger partial charge < -0.3 is 44.1 Å². The second kappa shape index (κ2) is 7.04. The van der Waals surface area contributed by atoms with Crippen LogP contribution in [0.5, 0.6) is 0 Å². The Balaban J connectivity index is 1.52. The first kappa shape index (κ1) is 18.1. The summed E-state index contributed by atoms with van der Waals surface area (Å²) < 4.78 is 27.1. The Kier molecular flexibility index (Phi) is 4.90. The Morgan fingerprint density at radius 2 is 1.92 bits per heavy atom. The van der Waals surface area contributed by atoms with Gasteiger partial charge in [0, 0.05) is 5.92 Å². The van der Waals surface area contributed by atoms with Gasteiger partial charge in [0.05, 0.1) is 43.7 Å². The molecule has 0 spiro atoms. The lowest BCUT2D eigenvalue weighted by Crippen LogP contribution is -2.60. The number of rotatable bonds is 4. The standard InChI is InChI=1S/C16H22O10/c17-3-8-11(18)12(19)13(20)16(25-8)26-15-10(9-5-23-9)6-1-2-22-14(21)7(6)4-24-15/h4,6,8-13,15-20H,1-3,5H2/t6-,8-,9-,10+,11-,12+,13-,15+,16+/m1/s1. The Bertz CT molecular complexity index is 573. The van der Waals surface area contributed by atoms with Gasteiger partial charge in [0.25, 0.3) is 0 Å². The second-order valence-corrected chi connectivity index (χ2v) is 6.89. The van der Waals surface area contributed by atoms with Crippen LogP contribution in [0.15, 0.2) is 11.8 Å². The predicted molar refractivity (Wildman–Crippen MR) is 80.1 cm³/mol. The Morgan fingerprint density at radius 1 is 1.15 bits per heavy atom. The van der Waals surface area contributed by atoms with Crippen molar-refractivity contribution in [2.45, 2.75) is 49.5 Å². The molecule has 3 saturated heterocycles. The van der Waals surface area contributed by atoms with Crippen LogP contribution in [0.2, 0.25) is 0 Å². The molecule has 4 N–H and O–H groups in total. The molecule has 0 aromatic rings. The van der Waals surface area contributed by atoms with Gasteiger partial charge in [0.1, 0.15) is 24.4 Å². The minimum Gasteiger partial charge on any atom is -0.471 e. The van der Waals surface area contributed by atoms with Gasteiger partial charge in [-0.25, -0.2) is 4.79 Å². The van der Waals surface area contributed by atoms with Crippen molar-refractivity contribution >= 4 is 5.97 Å². The van der Waals surface area contributed by atoms with Crippen LogP contribution in [0, 0.1) is 11.8 Å². The average molecular weight is 374 g/mol. The molecule has 0 saturated carbocycles. The number of carbonyl (C=O) groups is 1. The van der Waals surface area contributed by atoms with Crippen molar-refractivity contribution in [1.82, 2.24) is 0 Å². The quantitative estimate of drug-likeness (QED) is 0.311. The number of ether oxygens (including phenoxy) is 5. The second-order valence-electron chi connectivity index (χ2n) is 6.89. The third-order valence-electron chi connectivity index (χ3n) is 5.31. The van der Waals surface area contributed by atoms with Crippen LogP contribution in [-0.2, 0) is 28.5 Å². The molecule has 26 heavy (non-hydrogen) atoms. The molecule has 0 aromatic heterocycles. The number of epoxide rings is 1. The zero-order valence-electron chi connectivity index (χ0n) is 13.8. The third kappa shape index (κ3) is 3.11. The van der Waals surface area contributed by atoms with E-state index in [1.54, 1.807) is 0 Å². The molecule has 9 atom stereocenters. The lowest BCUT2D eigenvalue weighted by atomic mass is 9.79. The van der Waals surface area contributed by atoms with Crippen LogP contribution in [0.1, 0.15) is 6.42 Å². The summed E-state index contributed by atoms with van der Waals surface area (Å²) in [6, 6.07) is 0. The van der Waals surface area contributed by atoms with E-state index in [0.29, 0.717) is 18.6 Å². The Morgan fingerprint density at radius 3 is 2.62 bits per heavy atom. The van der Waals surface area contributed by atoms with E-state index in [9.17, 15) is 25.2 Å². The lowest BCUT2D eigenvalue weighted by molar-refractivity contribution is -0.342. The van der Waals surface area contributed by atoms with E-state index in [2.05, 4.69) is 0 Å². The molecule has 0 radical (unpaired) electrons. The number of esters is 1. The first-order valence-corrected chi connectivity index (χ1v) is 8.61. The highest BCUT2D eigenvalue weighted by Crippen LogP contribution is 2.43. The van der Waals surface area contributed by atoms with Crippen LogP contribution in [-0.4, -0.2) is 89.3 Å². The van der Waals surface area contributed by atoms with Gasteiger partial charge >= 0.3 is 5.97 Å². The maximum atomic E-state index is 11.9. The number of carbonyl (C=O) groups excluding carboxylic acids is 1. The van der Waals surface area contributed by atoms with E-state index in [1.807, 2.05) is 0 Å². The maximum Gasteiger partial charge on any atom is 0.337 e. The summed E-state index contributed by atoms with van der Waals surface area (Å²) in [5.74, 6) is -0.916. The van der Waals surface area contributed by atoms with Gasteiger partial charge in [-0.2, -0.15) is 0 Å². The van der Waals surface area contributed by atoms with E-state index in [-0.39, 0.29) is 24.5 Å². The first-order chi connectivity index (χ1) is 12.5. The van der Waals surface area contributed by atoms with Gasteiger partial charge in [-0.05, 0) is 6.42 Å². The number of hydrogen-bond acceptors (Lipinski definition) is 10. The molecule has 0 bridgehead atoms. The van der Waals surface area contributed by atoms with Crippen molar-refractivity contribution in [3.8, 4) is 0 Å². The summed E-state index contributed by atoms with van der Waals surface area (Å²) in [5, 5.41) is 39.2. The topological polar surface area (TPSA) is 147 Å². The summed E-state index contributed by atoms with van der Waals surface area (Å²) in [5.41, 5.74) is 0.422. The SMILES string of the molecule is O=C1OCC[C@@H]2C1=CO[C@@H](O[C@@H]1O[C@H](CO)[C@@H](O)[C@H](O)[C@H]1O)[C@@H]2[C@H]1CO1. The molecule has 4 heterocycles. The summed E-state index contributed by atoms with van der Waals surface area (Å²) in [7, 11) is 0. The highest BCUT2D eigenvalue weighted by atomic mass is 16.8. The smallest absolute Gasteiger partial charge is 0.337 e. The van der Waals surface area contributed by atoms with Crippen LogP contribution in [0.25, 0.3) is 0 Å². The van der Waals surface area contributed by atoms with E-state index >= 15 is 0 Å². The average Bonchev–Trinajstić information content (AvgIpc) is 3.47. The van der Waals surface area contributed by atoms with Crippen LogP contribution < -0.4 is 0 Å². The molecule has 3 fully saturated rings. The normalized spacial score (nSPS) is 48.1. The van der Waals surface area contributed by atoms with Crippen molar-refractivity contribution in [2.75, 3.05) is 19.8 Å². The fourth-order valence-corrected chi connectivity index (χ4v) is 3.77. The molecular weight excluding hydrogens is 352 g/mol. The molecule has 10 heteroatoms. The van der Waals surface area contributed by atoms with Crippen LogP contribution in [0.3, 0.4) is 0 Å². The van der Waals surface area contributed by atoms with Crippen LogP contribution >= 0.6 is 0 Å². The van der Waals surface area contributed by atoms with Gasteiger partial charge in [0.2, 0.25) is 6.29 Å². The fourth-order valence-electron chi connectivity index (χ4n) is 3.77. The number of aliphatic hydroxyl groups is 4. The summed E-state index contributed by atoms with van der Waals surface area (Å²) in [4.78, 5) is 11.9. The lowest BCUT2D eigenvalue weighted by Gasteiger charge is -2.43. The molecule has 4 aliphatic heterocycles. The highest BCUT2D eigenvalue weighted by molar-refractivity contribution is 5.89. The van der Waals surface area contributed by atoms with Crippen molar-refractivity contribution in [2.24, 2.45) is 11.8 Å². The molecular formula is C16H22O10. The highest BCUT2D eigenvalue weighted by Gasteiger charge is 2.53. The summed E-state index contributed by atoms with van der Waals surface area (Å²) in [6.45, 7) is 0.238. The van der Waals surface area contributed by atoms with Crippen molar-refractivity contribution < 1.29 is 48.9 Å². The Labute approximate surface area is 148 Å². The predicted octanol–water partition coefficient (Wildman–Crippen LogP) is -2.38. The van der Waals surface area contributed by atoms with Crippen molar-refractivity contribution in [3.05, 3.63) is 11.8 Å². The monoisotopic (exact) mass is 374 g/mol. The minimum absolute atomic E-state index is 0.163. The van der Waals surface area contributed by atoms with Crippen molar-refractivity contribution in [1.29, 1.82) is 0 Å². The van der Waals surface area contributed by atoms with Gasteiger partial charge in [0.15, 0.2) is 6.29 Å². The van der Waals surface area contributed by atoms with E-state index in [0.717, 1.165) is 0 Å². The fraction of sp³-hybridized carbons (Fsp3) is 0.812. The van der Waals surface area contributed by atoms with Gasteiger partial charge in [-0.3, -0.25) is 0 Å². The van der Waals surface area contributed by atoms with E-state index in [1.165, 1.54) is 6.26 Å².